The molecule has 0 aromatic rings. The SMILES string of the molecule is CNCC1(CN(C)C2CCOCC2)CCCC1. The second-order valence-corrected chi connectivity index (χ2v) is 6.00. The Hall–Kier alpha value is -0.120. The summed E-state index contributed by atoms with van der Waals surface area (Å²) in [5, 5.41) is 3.41. The van der Waals surface area contributed by atoms with Crippen LogP contribution in [0, 0.1) is 5.41 Å². The van der Waals surface area contributed by atoms with Gasteiger partial charge in [-0.25, -0.2) is 0 Å². The molecule has 100 valence electrons. The second kappa shape index (κ2) is 6.17. The van der Waals surface area contributed by atoms with Gasteiger partial charge in [-0.3, -0.25) is 0 Å². The number of nitrogens with one attached hydrogen (secondary N) is 1. The van der Waals surface area contributed by atoms with Gasteiger partial charge in [-0.1, -0.05) is 12.8 Å². The minimum atomic E-state index is 0.543. The van der Waals surface area contributed by atoms with Crippen LogP contribution in [0.25, 0.3) is 0 Å². The van der Waals surface area contributed by atoms with Crippen molar-refractivity contribution in [3.63, 3.8) is 0 Å². The van der Waals surface area contributed by atoms with Crippen LogP contribution in [0.2, 0.25) is 0 Å². The van der Waals surface area contributed by atoms with E-state index >= 15 is 0 Å². The molecule has 0 radical (unpaired) electrons. The predicted molar refractivity (Wildman–Crippen MR) is 71.3 cm³/mol. The minimum Gasteiger partial charge on any atom is -0.381 e. The van der Waals surface area contributed by atoms with Gasteiger partial charge in [-0.2, -0.15) is 0 Å². The Labute approximate surface area is 106 Å². The molecular weight excluding hydrogens is 212 g/mol. The molecule has 0 aromatic carbocycles. The Kier molecular flexibility index (Phi) is 4.83. The Balaban J connectivity index is 1.88. The Morgan fingerprint density at radius 3 is 2.47 bits per heavy atom. The van der Waals surface area contributed by atoms with Crippen LogP contribution in [0.5, 0.6) is 0 Å². The summed E-state index contributed by atoms with van der Waals surface area (Å²) >= 11 is 0. The van der Waals surface area contributed by atoms with E-state index in [1.807, 2.05) is 0 Å². The smallest absolute Gasteiger partial charge is 0.0480 e. The summed E-state index contributed by atoms with van der Waals surface area (Å²) in [6.45, 7) is 4.35. The maximum atomic E-state index is 5.45. The van der Waals surface area contributed by atoms with E-state index in [0.717, 1.165) is 19.3 Å². The fraction of sp³-hybridized carbons (Fsp3) is 1.00. The topological polar surface area (TPSA) is 24.5 Å². The third-order valence-corrected chi connectivity index (χ3v) is 4.61. The van der Waals surface area contributed by atoms with Crippen molar-refractivity contribution in [3.05, 3.63) is 0 Å². The van der Waals surface area contributed by atoms with Crippen molar-refractivity contribution in [1.82, 2.24) is 10.2 Å². The highest BCUT2D eigenvalue weighted by atomic mass is 16.5. The first kappa shape index (κ1) is 13.3. The van der Waals surface area contributed by atoms with Gasteiger partial charge >= 0.3 is 0 Å². The quantitative estimate of drug-likeness (QED) is 0.794. The monoisotopic (exact) mass is 240 g/mol. The van der Waals surface area contributed by atoms with Gasteiger partial charge in [0.15, 0.2) is 0 Å². The third-order valence-electron chi connectivity index (χ3n) is 4.61. The van der Waals surface area contributed by atoms with Gasteiger partial charge in [0.05, 0.1) is 0 Å². The summed E-state index contributed by atoms with van der Waals surface area (Å²) in [6.07, 6.45) is 8.08. The van der Waals surface area contributed by atoms with E-state index in [9.17, 15) is 0 Å². The predicted octanol–water partition coefficient (Wildman–Crippen LogP) is 1.88. The van der Waals surface area contributed by atoms with E-state index in [4.69, 9.17) is 4.74 Å². The Morgan fingerprint density at radius 2 is 1.88 bits per heavy atom. The molecule has 1 aliphatic carbocycles. The summed E-state index contributed by atoms with van der Waals surface area (Å²) < 4.78 is 5.45. The molecule has 1 N–H and O–H groups in total. The lowest BCUT2D eigenvalue weighted by Gasteiger charge is -2.38. The van der Waals surface area contributed by atoms with Crippen molar-refractivity contribution in [2.75, 3.05) is 40.4 Å². The van der Waals surface area contributed by atoms with Crippen molar-refractivity contribution < 1.29 is 4.74 Å². The second-order valence-electron chi connectivity index (χ2n) is 6.00. The number of rotatable bonds is 5. The standard InChI is InChI=1S/C14H28N2O/c1-15-11-14(7-3-4-8-14)12-16(2)13-5-9-17-10-6-13/h13,15H,3-12H2,1-2H3. The molecule has 1 saturated carbocycles. The molecule has 2 aliphatic rings. The van der Waals surface area contributed by atoms with E-state index in [2.05, 4.69) is 24.3 Å². The van der Waals surface area contributed by atoms with Crippen LogP contribution in [0.15, 0.2) is 0 Å². The Morgan fingerprint density at radius 1 is 1.24 bits per heavy atom. The van der Waals surface area contributed by atoms with E-state index in [0.29, 0.717) is 5.41 Å². The van der Waals surface area contributed by atoms with Crippen LogP contribution < -0.4 is 5.32 Å². The maximum Gasteiger partial charge on any atom is 0.0480 e. The minimum absolute atomic E-state index is 0.543. The molecule has 3 heteroatoms. The number of ether oxygens (including phenoxy) is 1. The van der Waals surface area contributed by atoms with Gasteiger partial charge in [0.1, 0.15) is 0 Å². The molecule has 3 nitrogen and oxygen atoms in total. The lowest BCUT2D eigenvalue weighted by atomic mass is 9.85. The van der Waals surface area contributed by atoms with Crippen LogP contribution in [0.3, 0.4) is 0 Å². The van der Waals surface area contributed by atoms with Gasteiger partial charge in [0, 0.05) is 32.3 Å². The van der Waals surface area contributed by atoms with E-state index in [1.165, 1.54) is 51.6 Å². The molecule has 0 bridgehead atoms. The van der Waals surface area contributed by atoms with Crippen LogP contribution in [-0.2, 0) is 4.74 Å². The first-order valence-electron chi connectivity index (χ1n) is 7.18. The number of nitrogens with zero attached hydrogens (tertiary/aromatic N) is 1. The summed E-state index contributed by atoms with van der Waals surface area (Å²) in [6, 6.07) is 0.748. The fourth-order valence-electron chi connectivity index (χ4n) is 3.67. The lowest BCUT2D eigenvalue weighted by molar-refractivity contribution is 0.0279. The Bertz CT molecular complexity index is 220. The van der Waals surface area contributed by atoms with Crippen LogP contribution in [-0.4, -0.2) is 51.3 Å². The van der Waals surface area contributed by atoms with Crippen molar-refractivity contribution in [1.29, 1.82) is 0 Å². The van der Waals surface area contributed by atoms with Gasteiger partial charge in [0.25, 0.3) is 0 Å². The summed E-state index contributed by atoms with van der Waals surface area (Å²) in [5.74, 6) is 0. The first-order valence-corrected chi connectivity index (χ1v) is 7.18. The highest BCUT2D eigenvalue weighted by Crippen LogP contribution is 2.38. The number of hydrogen-bond acceptors (Lipinski definition) is 3. The molecule has 1 saturated heterocycles. The molecule has 0 unspecified atom stereocenters. The van der Waals surface area contributed by atoms with E-state index in [-0.39, 0.29) is 0 Å². The maximum absolute atomic E-state index is 5.45. The van der Waals surface area contributed by atoms with Gasteiger partial charge in [-0.05, 0) is 45.2 Å². The largest absolute Gasteiger partial charge is 0.381 e. The highest BCUT2D eigenvalue weighted by molar-refractivity contribution is 4.90. The van der Waals surface area contributed by atoms with Gasteiger partial charge < -0.3 is 15.0 Å². The molecule has 1 heterocycles. The van der Waals surface area contributed by atoms with Crippen molar-refractivity contribution in [2.45, 2.75) is 44.6 Å². The van der Waals surface area contributed by atoms with Crippen LogP contribution in [0.4, 0.5) is 0 Å². The van der Waals surface area contributed by atoms with Crippen LogP contribution >= 0.6 is 0 Å². The van der Waals surface area contributed by atoms with Crippen molar-refractivity contribution in [3.8, 4) is 0 Å². The lowest BCUT2D eigenvalue weighted by Crippen LogP contribution is -2.45. The molecule has 2 fully saturated rings. The molecular formula is C14H28N2O. The van der Waals surface area contributed by atoms with E-state index in [1.54, 1.807) is 0 Å². The molecule has 1 aliphatic heterocycles. The molecule has 0 aromatic heterocycles. The average Bonchev–Trinajstić information content (AvgIpc) is 2.79. The van der Waals surface area contributed by atoms with Crippen LogP contribution in [0.1, 0.15) is 38.5 Å². The molecule has 17 heavy (non-hydrogen) atoms. The molecule has 2 rings (SSSR count). The van der Waals surface area contributed by atoms with E-state index < -0.39 is 0 Å². The molecule has 0 atom stereocenters. The third kappa shape index (κ3) is 3.43. The summed E-state index contributed by atoms with van der Waals surface area (Å²) in [5.41, 5.74) is 0.543. The average molecular weight is 240 g/mol. The summed E-state index contributed by atoms with van der Waals surface area (Å²) in [4.78, 5) is 2.60. The zero-order chi connectivity index (χ0) is 12.1. The molecule has 0 spiro atoms. The fourth-order valence-corrected chi connectivity index (χ4v) is 3.67. The first-order chi connectivity index (χ1) is 8.26. The van der Waals surface area contributed by atoms with Gasteiger partial charge in [-0.15, -0.1) is 0 Å². The van der Waals surface area contributed by atoms with Crippen molar-refractivity contribution >= 4 is 0 Å². The highest BCUT2D eigenvalue weighted by Gasteiger charge is 2.35. The normalized spacial score (nSPS) is 25.6. The summed E-state index contributed by atoms with van der Waals surface area (Å²) in [7, 11) is 4.40. The molecule has 0 amide bonds. The number of hydrogen-bond donors (Lipinski definition) is 1. The zero-order valence-electron chi connectivity index (χ0n) is 11.5. The van der Waals surface area contributed by atoms with Gasteiger partial charge in [0.2, 0.25) is 0 Å². The zero-order valence-corrected chi connectivity index (χ0v) is 11.5. The van der Waals surface area contributed by atoms with Crippen molar-refractivity contribution in [2.24, 2.45) is 5.41 Å².